The second-order valence-electron chi connectivity index (χ2n) is 5.42. The van der Waals surface area contributed by atoms with Gasteiger partial charge in [-0.25, -0.2) is 0 Å². The maximum atomic E-state index is 11.7. The van der Waals surface area contributed by atoms with Crippen LogP contribution in [0.4, 0.5) is 5.69 Å². The molecule has 1 aromatic rings. The Morgan fingerprint density at radius 2 is 2.10 bits per heavy atom. The number of rotatable bonds is 4. The first-order valence-corrected chi connectivity index (χ1v) is 6.05. The fourth-order valence-corrected chi connectivity index (χ4v) is 1.56. The minimum atomic E-state index is -0.918. The molecule has 0 radical (unpaired) electrons. The fourth-order valence-electron chi connectivity index (χ4n) is 1.56. The Morgan fingerprint density at radius 1 is 1.50 bits per heavy atom. The first-order chi connectivity index (χ1) is 9.10. The summed E-state index contributed by atoms with van der Waals surface area (Å²) in [5.74, 6) is -1.00. The van der Waals surface area contributed by atoms with E-state index >= 15 is 0 Å². The summed E-state index contributed by atoms with van der Waals surface area (Å²) in [5.41, 5.74) is 5.13. The average Bonchev–Trinajstić information content (AvgIpc) is 2.28. The Balaban J connectivity index is 2.81. The molecule has 0 aliphatic heterocycles. The molecule has 7 heteroatoms. The van der Waals surface area contributed by atoms with Crippen LogP contribution in [-0.2, 0) is 16.0 Å². The molecule has 3 N–H and O–H groups in total. The SMILES string of the molecule is CC(C)(C)OC(=O)[C@@H](N)Cc1ccc(O)c([N+](=O)[O-])c1. The maximum Gasteiger partial charge on any atom is 0.323 e. The van der Waals surface area contributed by atoms with Gasteiger partial charge in [0.05, 0.1) is 4.92 Å². The second kappa shape index (κ2) is 5.87. The van der Waals surface area contributed by atoms with Crippen molar-refractivity contribution in [1.82, 2.24) is 0 Å². The summed E-state index contributed by atoms with van der Waals surface area (Å²) in [6, 6.07) is 2.96. The second-order valence-corrected chi connectivity index (χ2v) is 5.42. The molecule has 0 saturated heterocycles. The third-order valence-corrected chi connectivity index (χ3v) is 2.40. The van der Waals surface area contributed by atoms with Gasteiger partial charge < -0.3 is 15.6 Å². The molecule has 0 unspecified atom stereocenters. The molecule has 110 valence electrons. The van der Waals surface area contributed by atoms with E-state index in [0.29, 0.717) is 5.56 Å². The molecule has 20 heavy (non-hydrogen) atoms. The zero-order valence-electron chi connectivity index (χ0n) is 11.6. The highest BCUT2D eigenvalue weighted by Crippen LogP contribution is 2.26. The third kappa shape index (κ3) is 4.51. The maximum absolute atomic E-state index is 11.7. The Hall–Kier alpha value is -2.15. The van der Waals surface area contributed by atoms with Gasteiger partial charge in [-0.15, -0.1) is 0 Å². The van der Waals surface area contributed by atoms with Crippen molar-refractivity contribution in [1.29, 1.82) is 0 Å². The van der Waals surface area contributed by atoms with E-state index in [2.05, 4.69) is 0 Å². The zero-order chi connectivity index (χ0) is 15.5. The number of hydrogen-bond donors (Lipinski definition) is 2. The first kappa shape index (κ1) is 15.9. The molecule has 0 spiro atoms. The van der Waals surface area contributed by atoms with Crippen molar-refractivity contribution < 1.29 is 19.6 Å². The van der Waals surface area contributed by atoms with Crippen LogP contribution in [0, 0.1) is 10.1 Å². The predicted molar refractivity (Wildman–Crippen MR) is 72.3 cm³/mol. The normalized spacial score (nSPS) is 12.8. The minimum Gasteiger partial charge on any atom is -0.502 e. The van der Waals surface area contributed by atoms with E-state index in [0.717, 1.165) is 0 Å². The van der Waals surface area contributed by atoms with Crippen molar-refractivity contribution >= 4 is 11.7 Å². The smallest absolute Gasteiger partial charge is 0.323 e. The summed E-state index contributed by atoms with van der Waals surface area (Å²) in [6.45, 7) is 5.18. The minimum absolute atomic E-state index is 0.0933. The molecule has 0 bridgehead atoms. The molecule has 0 aromatic heterocycles. The highest BCUT2D eigenvalue weighted by molar-refractivity contribution is 5.76. The summed E-state index contributed by atoms with van der Waals surface area (Å²) in [4.78, 5) is 21.7. The van der Waals surface area contributed by atoms with E-state index in [4.69, 9.17) is 10.5 Å². The zero-order valence-corrected chi connectivity index (χ0v) is 11.6. The van der Waals surface area contributed by atoms with Crippen LogP contribution in [0.1, 0.15) is 26.3 Å². The van der Waals surface area contributed by atoms with Crippen molar-refractivity contribution in [2.45, 2.75) is 38.8 Å². The van der Waals surface area contributed by atoms with Gasteiger partial charge in [-0.3, -0.25) is 14.9 Å². The lowest BCUT2D eigenvalue weighted by atomic mass is 10.1. The number of phenolic OH excluding ortho intramolecular Hbond substituents is 1. The van der Waals surface area contributed by atoms with Crippen molar-refractivity contribution in [2.24, 2.45) is 5.73 Å². The van der Waals surface area contributed by atoms with Gasteiger partial charge in [0, 0.05) is 6.07 Å². The van der Waals surface area contributed by atoms with Crippen molar-refractivity contribution in [3.05, 3.63) is 33.9 Å². The topological polar surface area (TPSA) is 116 Å². The Kier molecular flexibility index (Phi) is 4.67. The number of carbonyl (C=O) groups excluding carboxylic acids is 1. The van der Waals surface area contributed by atoms with Crippen LogP contribution in [0.5, 0.6) is 5.75 Å². The standard InChI is InChI=1S/C13H18N2O5/c1-13(2,3)20-12(17)9(14)6-8-4-5-11(16)10(7-8)15(18)19/h4-5,7,9,16H,6,14H2,1-3H3/t9-/m0/s1. The first-order valence-electron chi connectivity index (χ1n) is 6.05. The lowest BCUT2D eigenvalue weighted by molar-refractivity contribution is -0.385. The van der Waals surface area contributed by atoms with Crippen molar-refractivity contribution in [2.75, 3.05) is 0 Å². The number of carbonyl (C=O) groups is 1. The fraction of sp³-hybridized carbons (Fsp3) is 0.462. The highest BCUT2D eigenvalue weighted by Gasteiger charge is 2.23. The molecule has 0 fully saturated rings. The Bertz CT molecular complexity index is 522. The summed E-state index contributed by atoms with van der Waals surface area (Å²) >= 11 is 0. The summed E-state index contributed by atoms with van der Waals surface area (Å²) in [5, 5.41) is 20.0. The van der Waals surface area contributed by atoms with E-state index in [1.54, 1.807) is 20.8 Å². The van der Waals surface area contributed by atoms with Crippen LogP contribution >= 0.6 is 0 Å². The van der Waals surface area contributed by atoms with Crippen LogP contribution in [0.2, 0.25) is 0 Å². The van der Waals surface area contributed by atoms with Gasteiger partial charge in [0.2, 0.25) is 0 Å². The van der Waals surface area contributed by atoms with Crippen molar-refractivity contribution in [3.8, 4) is 5.75 Å². The van der Waals surface area contributed by atoms with Gasteiger partial charge in [0.25, 0.3) is 0 Å². The van der Waals surface area contributed by atoms with Gasteiger partial charge in [-0.2, -0.15) is 0 Å². The Labute approximate surface area is 116 Å². The summed E-state index contributed by atoms with van der Waals surface area (Å²) in [7, 11) is 0. The molecule has 0 aliphatic carbocycles. The molecular formula is C13H18N2O5. The number of esters is 1. The number of phenols is 1. The third-order valence-electron chi connectivity index (χ3n) is 2.40. The number of nitrogens with zero attached hydrogens (tertiary/aromatic N) is 1. The lowest BCUT2D eigenvalue weighted by Crippen LogP contribution is -2.38. The van der Waals surface area contributed by atoms with Gasteiger partial charge in [-0.1, -0.05) is 6.07 Å². The van der Waals surface area contributed by atoms with Crippen molar-refractivity contribution in [3.63, 3.8) is 0 Å². The molecular weight excluding hydrogens is 264 g/mol. The van der Waals surface area contributed by atoms with Crippen LogP contribution in [0.3, 0.4) is 0 Å². The molecule has 1 atom stereocenters. The molecule has 0 amide bonds. The van der Waals surface area contributed by atoms with E-state index in [1.165, 1.54) is 18.2 Å². The van der Waals surface area contributed by atoms with Crippen LogP contribution in [0.15, 0.2) is 18.2 Å². The summed E-state index contributed by atoms with van der Waals surface area (Å²) < 4.78 is 5.13. The average molecular weight is 282 g/mol. The summed E-state index contributed by atoms with van der Waals surface area (Å²) in [6.07, 6.45) is 0.0933. The molecule has 0 heterocycles. The van der Waals surface area contributed by atoms with Crippen LogP contribution < -0.4 is 5.73 Å². The lowest BCUT2D eigenvalue weighted by Gasteiger charge is -2.22. The molecule has 0 aliphatic rings. The molecule has 7 nitrogen and oxygen atoms in total. The number of ether oxygens (including phenoxy) is 1. The van der Waals surface area contributed by atoms with Crippen LogP contribution in [0.25, 0.3) is 0 Å². The van der Waals surface area contributed by atoms with E-state index in [9.17, 15) is 20.0 Å². The van der Waals surface area contributed by atoms with Crippen LogP contribution in [-0.4, -0.2) is 27.6 Å². The number of aromatic hydroxyl groups is 1. The molecule has 1 rings (SSSR count). The quantitative estimate of drug-likeness (QED) is 0.491. The number of benzene rings is 1. The van der Waals surface area contributed by atoms with E-state index in [-0.39, 0.29) is 6.42 Å². The number of nitro groups is 1. The Morgan fingerprint density at radius 3 is 2.60 bits per heavy atom. The highest BCUT2D eigenvalue weighted by atomic mass is 16.6. The number of nitro benzene ring substituents is 1. The van der Waals surface area contributed by atoms with Gasteiger partial charge in [0.1, 0.15) is 11.6 Å². The largest absolute Gasteiger partial charge is 0.502 e. The van der Waals surface area contributed by atoms with E-state index in [1.807, 2.05) is 0 Å². The molecule has 0 saturated carbocycles. The van der Waals surface area contributed by atoms with E-state index < -0.39 is 34.0 Å². The predicted octanol–water partition coefficient (Wildman–Crippen LogP) is 1.51. The van der Waals surface area contributed by atoms with Gasteiger partial charge in [0.15, 0.2) is 5.75 Å². The number of hydrogen-bond acceptors (Lipinski definition) is 6. The monoisotopic (exact) mass is 282 g/mol. The number of nitrogens with two attached hydrogens (primary N) is 1. The van der Waals surface area contributed by atoms with Gasteiger partial charge in [-0.05, 0) is 38.8 Å². The molecule has 1 aromatic carbocycles. The van der Waals surface area contributed by atoms with Gasteiger partial charge >= 0.3 is 11.7 Å².